The molecule has 0 spiro atoms. The van der Waals surface area contributed by atoms with E-state index in [0.29, 0.717) is 22.6 Å². The first-order chi connectivity index (χ1) is 10.0. The summed E-state index contributed by atoms with van der Waals surface area (Å²) in [6.45, 7) is 1.73. The fourth-order valence-electron chi connectivity index (χ4n) is 1.86. The molecule has 0 heterocycles. The average Bonchev–Trinajstić information content (AvgIpc) is 2.49. The molecule has 5 heteroatoms. The second kappa shape index (κ2) is 5.94. The lowest BCUT2D eigenvalue weighted by Crippen LogP contribution is -2.01. The van der Waals surface area contributed by atoms with Crippen molar-refractivity contribution in [3.63, 3.8) is 0 Å². The van der Waals surface area contributed by atoms with E-state index in [-0.39, 0.29) is 12.2 Å². The van der Waals surface area contributed by atoms with Crippen LogP contribution in [-0.2, 0) is 6.61 Å². The van der Waals surface area contributed by atoms with Crippen molar-refractivity contribution in [1.82, 2.24) is 0 Å². The van der Waals surface area contributed by atoms with Gasteiger partial charge in [-0.3, -0.25) is 0 Å². The van der Waals surface area contributed by atoms with Crippen molar-refractivity contribution in [1.29, 1.82) is 10.5 Å². The SMILES string of the molecule is Cc1cc(OCc2cc(C#N)ccc2F)cc(C#N)c1N. The third-order valence-corrected chi connectivity index (χ3v) is 3.05. The van der Waals surface area contributed by atoms with Crippen LogP contribution in [0.15, 0.2) is 30.3 Å². The first kappa shape index (κ1) is 14.4. The first-order valence-electron chi connectivity index (χ1n) is 6.16. The second-order valence-electron chi connectivity index (χ2n) is 4.52. The summed E-state index contributed by atoms with van der Waals surface area (Å²) in [4.78, 5) is 0. The fourth-order valence-corrected chi connectivity index (χ4v) is 1.86. The molecule has 4 nitrogen and oxygen atoms in total. The summed E-state index contributed by atoms with van der Waals surface area (Å²) in [6, 6.07) is 11.2. The summed E-state index contributed by atoms with van der Waals surface area (Å²) in [6.07, 6.45) is 0. The summed E-state index contributed by atoms with van der Waals surface area (Å²) >= 11 is 0. The minimum atomic E-state index is -0.443. The fraction of sp³-hybridized carbons (Fsp3) is 0.125. The molecule has 2 N–H and O–H groups in total. The van der Waals surface area contributed by atoms with Gasteiger partial charge in [0.05, 0.1) is 22.9 Å². The lowest BCUT2D eigenvalue weighted by atomic mass is 10.1. The number of anilines is 1. The zero-order valence-corrected chi connectivity index (χ0v) is 11.4. The van der Waals surface area contributed by atoms with Crippen molar-refractivity contribution in [3.8, 4) is 17.9 Å². The van der Waals surface area contributed by atoms with Crippen molar-refractivity contribution in [2.24, 2.45) is 0 Å². The van der Waals surface area contributed by atoms with Crippen molar-refractivity contribution >= 4 is 5.69 Å². The largest absolute Gasteiger partial charge is 0.489 e. The van der Waals surface area contributed by atoms with E-state index in [4.69, 9.17) is 21.0 Å². The molecular weight excluding hydrogens is 269 g/mol. The summed E-state index contributed by atoms with van der Waals surface area (Å²) in [5.74, 6) is -0.0123. The molecule has 21 heavy (non-hydrogen) atoms. The van der Waals surface area contributed by atoms with Gasteiger partial charge in [0.2, 0.25) is 0 Å². The molecule has 0 aliphatic rings. The maximum atomic E-state index is 13.6. The maximum Gasteiger partial charge on any atom is 0.129 e. The van der Waals surface area contributed by atoms with E-state index in [1.165, 1.54) is 24.3 Å². The molecule has 0 unspecified atom stereocenters. The summed E-state index contributed by atoms with van der Waals surface area (Å²) in [7, 11) is 0. The van der Waals surface area contributed by atoms with Crippen molar-refractivity contribution in [2.45, 2.75) is 13.5 Å². The van der Waals surface area contributed by atoms with Gasteiger partial charge in [-0.25, -0.2) is 4.39 Å². The van der Waals surface area contributed by atoms with E-state index in [9.17, 15) is 4.39 Å². The van der Waals surface area contributed by atoms with Crippen LogP contribution in [0.4, 0.5) is 10.1 Å². The van der Waals surface area contributed by atoms with Crippen LogP contribution in [-0.4, -0.2) is 0 Å². The number of nitrogens with zero attached hydrogens (tertiary/aromatic N) is 2. The van der Waals surface area contributed by atoms with E-state index in [1.807, 2.05) is 12.1 Å². The summed E-state index contributed by atoms with van der Waals surface area (Å²) in [5.41, 5.74) is 7.84. The number of nitriles is 2. The Morgan fingerprint density at radius 2 is 1.95 bits per heavy atom. The van der Waals surface area contributed by atoms with Gasteiger partial charge in [0.1, 0.15) is 24.2 Å². The lowest BCUT2D eigenvalue weighted by Gasteiger charge is -2.10. The number of nitrogens with two attached hydrogens (primary N) is 1. The lowest BCUT2D eigenvalue weighted by molar-refractivity contribution is 0.299. The molecule has 0 aromatic heterocycles. The Balaban J connectivity index is 2.23. The minimum Gasteiger partial charge on any atom is -0.489 e. The summed E-state index contributed by atoms with van der Waals surface area (Å²) < 4.78 is 19.1. The third kappa shape index (κ3) is 3.10. The van der Waals surface area contributed by atoms with Gasteiger partial charge >= 0.3 is 0 Å². The molecule has 0 saturated carbocycles. The maximum absolute atomic E-state index is 13.6. The molecule has 2 aromatic carbocycles. The molecule has 0 saturated heterocycles. The molecule has 0 aliphatic heterocycles. The number of benzene rings is 2. The van der Waals surface area contributed by atoms with Crippen molar-refractivity contribution < 1.29 is 9.13 Å². The zero-order chi connectivity index (χ0) is 15.4. The van der Waals surface area contributed by atoms with Gasteiger partial charge in [0.25, 0.3) is 0 Å². The summed E-state index contributed by atoms with van der Waals surface area (Å²) in [5, 5.41) is 17.8. The number of hydrogen-bond acceptors (Lipinski definition) is 4. The Bertz CT molecular complexity index is 772. The second-order valence-corrected chi connectivity index (χ2v) is 4.52. The van der Waals surface area contributed by atoms with Gasteiger partial charge in [-0.15, -0.1) is 0 Å². The molecule has 0 aliphatic carbocycles. The van der Waals surface area contributed by atoms with Gasteiger partial charge in [-0.2, -0.15) is 10.5 Å². The normalized spacial score (nSPS) is 9.71. The third-order valence-electron chi connectivity index (χ3n) is 3.05. The minimum absolute atomic E-state index is 0.0322. The van der Waals surface area contributed by atoms with Gasteiger partial charge < -0.3 is 10.5 Å². The van der Waals surface area contributed by atoms with Crippen LogP contribution in [0.3, 0.4) is 0 Å². The standard InChI is InChI=1S/C16H12FN3O/c1-10-4-14(6-12(8-19)16(10)20)21-9-13-5-11(7-18)2-3-15(13)17/h2-6H,9,20H2,1H3. The highest BCUT2D eigenvalue weighted by Gasteiger charge is 2.08. The van der Waals surface area contributed by atoms with Gasteiger partial charge in [-0.1, -0.05) is 0 Å². The van der Waals surface area contributed by atoms with E-state index < -0.39 is 5.82 Å². The van der Waals surface area contributed by atoms with Crippen LogP contribution in [0.5, 0.6) is 5.75 Å². The molecule has 0 radical (unpaired) electrons. The molecule has 0 bridgehead atoms. The number of halogens is 1. The van der Waals surface area contributed by atoms with Crippen LogP contribution in [0, 0.1) is 35.4 Å². The molecule has 0 atom stereocenters. The highest BCUT2D eigenvalue weighted by atomic mass is 19.1. The van der Waals surface area contributed by atoms with E-state index >= 15 is 0 Å². The number of ether oxygens (including phenoxy) is 1. The Morgan fingerprint density at radius 3 is 2.62 bits per heavy atom. The average molecular weight is 281 g/mol. The van der Waals surface area contributed by atoms with Gasteiger partial charge in [0, 0.05) is 11.6 Å². The van der Waals surface area contributed by atoms with E-state index in [2.05, 4.69) is 0 Å². The highest BCUT2D eigenvalue weighted by molar-refractivity contribution is 5.61. The molecular formula is C16H12FN3O. The number of nitrogen functional groups attached to an aromatic ring is 1. The van der Waals surface area contributed by atoms with Crippen molar-refractivity contribution in [3.05, 3.63) is 58.4 Å². The number of aryl methyl sites for hydroxylation is 1. The number of hydrogen-bond donors (Lipinski definition) is 1. The Labute approximate surface area is 121 Å². The van der Waals surface area contributed by atoms with Crippen LogP contribution in [0.2, 0.25) is 0 Å². The number of rotatable bonds is 3. The van der Waals surface area contributed by atoms with E-state index in [0.717, 1.165) is 5.56 Å². The Morgan fingerprint density at radius 1 is 1.19 bits per heavy atom. The highest BCUT2D eigenvalue weighted by Crippen LogP contribution is 2.24. The molecule has 104 valence electrons. The Hall–Kier alpha value is -3.05. The molecule has 0 fully saturated rings. The molecule has 2 rings (SSSR count). The first-order valence-corrected chi connectivity index (χ1v) is 6.16. The van der Waals surface area contributed by atoms with Gasteiger partial charge in [0.15, 0.2) is 0 Å². The topological polar surface area (TPSA) is 82.8 Å². The molecule has 0 amide bonds. The van der Waals surface area contributed by atoms with E-state index in [1.54, 1.807) is 13.0 Å². The molecule has 2 aromatic rings. The van der Waals surface area contributed by atoms with Crippen LogP contribution >= 0.6 is 0 Å². The van der Waals surface area contributed by atoms with Gasteiger partial charge in [-0.05, 0) is 36.8 Å². The predicted molar refractivity (Wildman–Crippen MR) is 75.8 cm³/mol. The van der Waals surface area contributed by atoms with Crippen molar-refractivity contribution in [2.75, 3.05) is 5.73 Å². The monoisotopic (exact) mass is 281 g/mol. The smallest absolute Gasteiger partial charge is 0.129 e. The van der Waals surface area contributed by atoms with Crippen LogP contribution in [0.1, 0.15) is 22.3 Å². The van der Waals surface area contributed by atoms with Crippen LogP contribution in [0.25, 0.3) is 0 Å². The zero-order valence-electron chi connectivity index (χ0n) is 11.4. The van der Waals surface area contributed by atoms with Crippen LogP contribution < -0.4 is 10.5 Å². The quantitative estimate of drug-likeness (QED) is 0.876. The predicted octanol–water partition coefficient (Wildman–Crippen LogP) is 3.04. The Kier molecular flexibility index (Phi) is 4.06.